The average molecular weight is 1150 g/mol. The van der Waals surface area contributed by atoms with E-state index in [-0.39, 0.29) is 25.1 Å². The molecule has 2 N–H and O–H groups in total. The van der Waals surface area contributed by atoms with Crippen LogP contribution < -0.4 is 5.32 Å². The predicted octanol–water partition coefficient (Wildman–Crippen LogP) is 21.6. The molecule has 0 heterocycles. The number of nitrogens with zero attached hydrogens (tertiary/aromatic N) is 1. The number of unbranched alkanes of at least 4 members (excludes halogenated alkanes) is 41. The van der Waals surface area contributed by atoms with E-state index in [1.54, 1.807) is 0 Å². The third-order valence-corrected chi connectivity index (χ3v) is 16.5. The summed E-state index contributed by atoms with van der Waals surface area (Å²) in [5, 5.41) is 3.07. The topological polar surface area (TPSA) is 111 Å². The summed E-state index contributed by atoms with van der Waals surface area (Å²) >= 11 is 0. The van der Waals surface area contributed by atoms with E-state index in [4.69, 9.17) is 13.8 Å². The van der Waals surface area contributed by atoms with Crippen molar-refractivity contribution in [1.82, 2.24) is 5.32 Å². The number of rotatable bonds is 63. The van der Waals surface area contributed by atoms with E-state index in [0.717, 1.165) is 70.6 Å². The number of phosphoric acid groups is 1. The number of phosphoric ester groups is 1. The third kappa shape index (κ3) is 60.6. The molecule has 0 aliphatic heterocycles. The van der Waals surface area contributed by atoms with Gasteiger partial charge in [-0.1, -0.05) is 301 Å². The monoisotopic (exact) mass is 1150 g/mol. The van der Waals surface area contributed by atoms with Gasteiger partial charge < -0.3 is 19.4 Å². The summed E-state index contributed by atoms with van der Waals surface area (Å²) < 4.78 is 30.8. The molecule has 0 spiro atoms. The zero-order chi connectivity index (χ0) is 58.6. The second-order valence-electron chi connectivity index (χ2n) is 24.7. The fourth-order valence-corrected chi connectivity index (χ4v) is 10.9. The second kappa shape index (κ2) is 60.1. The van der Waals surface area contributed by atoms with Gasteiger partial charge >= 0.3 is 13.8 Å². The van der Waals surface area contributed by atoms with Crippen LogP contribution in [0, 0.1) is 0 Å². The number of carbonyl (C=O) groups excluding carboxylic acids is 2. The molecule has 10 heteroatoms. The number of carbonyl (C=O) groups is 2. The van der Waals surface area contributed by atoms with E-state index in [1.165, 1.54) is 231 Å². The molecule has 0 aliphatic rings. The number of esters is 1. The summed E-state index contributed by atoms with van der Waals surface area (Å²) in [6, 6.07) is -0.846. The van der Waals surface area contributed by atoms with E-state index >= 15 is 0 Å². The number of quaternary nitrogens is 1. The molecule has 470 valence electrons. The van der Waals surface area contributed by atoms with Gasteiger partial charge in [0.2, 0.25) is 5.91 Å². The first-order chi connectivity index (χ1) is 38.9. The molecule has 0 aromatic carbocycles. The number of nitrogens with one attached hydrogen (secondary N) is 1. The standard InChI is InChI=1S/C70H133N2O7P/c1-7-10-13-16-19-22-25-28-30-32-33-34-35-36-37-38-39-40-42-45-48-51-54-57-60-63-70(74)79-68(61-58-55-52-49-46-43-27-24-21-18-15-12-9-3)67(66-78-80(75,76)77-65-64-72(4,5)6)71-69(73)62-59-56-53-50-47-44-41-31-29-26-23-20-17-14-11-8-2/h19,22,28,30,33-34,58,61,67-68H,7-18,20-21,23-27,29,31-32,35-57,59-60,62-66H2,1-6H3,(H-,71,73,75,76)/p+1/b22-19-,30-28-,34-33-,61-58+. The molecule has 1 amide bonds. The smallest absolute Gasteiger partial charge is 0.456 e. The van der Waals surface area contributed by atoms with Crippen LogP contribution in [0.1, 0.15) is 335 Å². The predicted molar refractivity (Wildman–Crippen MR) is 346 cm³/mol. The summed E-state index contributed by atoms with van der Waals surface area (Å²) in [4.78, 5) is 37.8. The molecular formula is C70H134N2O7P+. The number of allylic oxidation sites excluding steroid dienone is 7. The van der Waals surface area contributed by atoms with Crippen LogP contribution in [0.3, 0.4) is 0 Å². The number of amides is 1. The Hall–Kier alpha value is -2.03. The number of ether oxygens (including phenoxy) is 1. The fourth-order valence-electron chi connectivity index (χ4n) is 10.2. The highest BCUT2D eigenvalue weighted by Crippen LogP contribution is 2.43. The van der Waals surface area contributed by atoms with Crippen LogP contribution >= 0.6 is 7.82 Å². The first kappa shape index (κ1) is 78.0. The van der Waals surface area contributed by atoms with Gasteiger partial charge in [-0.3, -0.25) is 18.6 Å². The molecule has 0 radical (unpaired) electrons. The van der Waals surface area contributed by atoms with Gasteiger partial charge in [-0.25, -0.2) is 4.57 Å². The molecule has 0 saturated heterocycles. The largest absolute Gasteiger partial charge is 0.472 e. The minimum absolute atomic E-state index is 0.0420. The van der Waals surface area contributed by atoms with Crippen molar-refractivity contribution in [1.29, 1.82) is 0 Å². The van der Waals surface area contributed by atoms with Gasteiger partial charge in [0, 0.05) is 12.8 Å². The summed E-state index contributed by atoms with van der Waals surface area (Å²) in [6.07, 6.45) is 75.4. The maximum atomic E-state index is 13.6. The van der Waals surface area contributed by atoms with Gasteiger partial charge in [-0.05, 0) is 70.3 Å². The van der Waals surface area contributed by atoms with Crippen molar-refractivity contribution in [3.8, 4) is 0 Å². The molecule has 0 rings (SSSR count). The van der Waals surface area contributed by atoms with Gasteiger partial charge in [-0.15, -0.1) is 0 Å². The van der Waals surface area contributed by atoms with Crippen molar-refractivity contribution in [3.05, 3.63) is 48.6 Å². The first-order valence-electron chi connectivity index (χ1n) is 34.5. The second-order valence-corrected chi connectivity index (χ2v) is 26.2. The van der Waals surface area contributed by atoms with Crippen LogP contribution in [-0.2, 0) is 27.9 Å². The summed E-state index contributed by atoms with van der Waals surface area (Å²) in [6.45, 7) is 7.03. The Morgan fingerprint density at radius 3 is 1.16 bits per heavy atom. The van der Waals surface area contributed by atoms with Crippen molar-refractivity contribution in [3.63, 3.8) is 0 Å². The quantitative estimate of drug-likeness (QED) is 0.0205. The summed E-state index contributed by atoms with van der Waals surface area (Å²) in [7, 11) is 1.51. The molecular weight excluding hydrogens is 1010 g/mol. The van der Waals surface area contributed by atoms with E-state index in [9.17, 15) is 19.0 Å². The molecule has 0 fully saturated rings. The van der Waals surface area contributed by atoms with Crippen molar-refractivity contribution in [2.45, 2.75) is 348 Å². The fraction of sp³-hybridized carbons (Fsp3) is 0.857. The first-order valence-corrected chi connectivity index (χ1v) is 36.0. The Morgan fingerprint density at radius 1 is 0.438 bits per heavy atom. The lowest BCUT2D eigenvalue weighted by molar-refractivity contribution is -0.870. The van der Waals surface area contributed by atoms with Crippen LogP contribution in [-0.4, -0.2) is 74.3 Å². The molecule has 3 atom stereocenters. The van der Waals surface area contributed by atoms with Crippen molar-refractivity contribution in [2.75, 3.05) is 40.9 Å². The molecule has 0 aromatic heterocycles. The number of hydrogen-bond donors (Lipinski definition) is 2. The van der Waals surface area contributed by atoms with Gasteiger partial charge in [0.25, 0.3) is 0 Å². The van der Waals surface area contributed by atoms with E-state index in [1.807, 2.05) is 33.3 Å². The molecule has 80 heavy (non-hydrogen) atoms. The van der Waals surface area contributed by atoms with Crippen LogP contribution in [0.25, 0.3) is 0 Å². The molecule has 0 aliphatic carbocycles. The minimum Gasteiger partial charge on any atom is -0.456 e. The zero-order valence-electron chi connectivity index (χ0n) is 53.8. The lowest BCUT2D eigenvalue weighted by atomic mass is 10.0. The van der Waals surface area contributed by atoms with Crippen LogP contribution in [0.4, 0.5) is 0 Å². The van der Waals surface area contributed by atoms with Gasteiger partial charge in [-0.2, -0.15) is 0 Å². The van der Waals surface area contributed by atoms with E-state index < -0.39 is 20.0 Å². The highest BCUT2D eigenvalue weighted by Gasteiger charge is 2.30. The molecule has 0 aromatic rings. The Balaban J connectivity index is 5.10. The third-order valence-electron chi connectivity index (χ3n) is 15.5. The maximum absolute atomic E-state index is 13.6. The Morgan fingerprint density at radius 2 is 0.762 bits per heavy atom. The van der Waals surface area contributed by atoms with E-state index in [0.29, 0.717) is 23.9 Å². The Bertz CT molecular complexity index is 1510. The lowest BCUT2D eigenvalue weighted by Gasteiger charge is -2.27. The Kier molecular flexibility index (Phi) is 58.6. The average Bonchev–Trinajstić information content (AvgIpc) is 3.42. The molecule has 3 unspecified atom stereocenters. The van der Waals surface area contributed by atoms with Crippen molar-refractivity contribution >= 4 is 19.7 Å². The lowest BCUT2D eigenvalue weighted by Crippen LogP contribution is -2.47. The molecule has 0 saturated carbocycles. The number of likely N-dealkylation sites (N-methyl/N-ethyl adjacent to an activating group) is 1. The normalized spacial score (nSPS) is 13.8. The van der Waals surface area contributed by atoms with Crippen LogP contribution in [0.15, 0.2) is 48.6 Å². The maximum Gasteiger partial charge on any atom is 0.472 e. The molecule has 0 bridgehead atoms. The van der Waals surface area contributed by atoms with E-state index in [2.05, 4.69) is 62.5 Å². The van der Waals surface area contributed by atoms with Crippen molar-refractivity contribution in [2.24, 2.45) is 0 Å². The highest BCUT2D eigenvalue weighted by atomic mass is 31.2. The SMILES string of the molecule is CCCCC/C=C\C/C=C\C/C=C\CCCCCCCCCCCCCCC(=O)OC(/C=C/CCCCCCCCCCCCC)C(COP(=O)(O)OCC[N+](C)(C)C)NC(=O)CCCCCCCCCCCCCCCCCC. The molecule has 9 nitrogen and oxygen atoms in total. The summed E-state index contributed by atoms with van der Waals surface area (Å²) in [5.74, 6) is -0.491. The summed E-state index contributed by atoms with van der Waals surface area (Å²) in [5.41, 5.74) is 0. The van der Waals surface area contributed by atoms with Gasteiger partial charge in [0.05, 0.1) is 33.8 Å². The van der Waals surface area contributed by atoms with Crippen molar-refractivity contribution < 1.29 is 37.3 Å². The highest BCUT2D eigenvalue weighted by molar-refractivity contribution is 7.47. The number of hydrogen-bond acceptors (Lipinski definition) is 6. The minimum atomic E-state index is -4.45. The van der Waals surface area contributed by atoms with Gasteiger partial charge in [0.1, 0.15) is 19.3 Å². The van der Waals surface area contributed by atoms with Gasteiger partial charge in [0.15, 0.2) is 0 Å². The van der Waals surface area contributed by atoms with Crippen LogP contribution in [0.5, 0.6) is 0 Å². The Labute approximate surface area is 497 Å². The zero-order valence-corrected chi connectivity index (χ0v) is 54.7. The van der Waals surface area contributed by atoms with Crippen LogP contribution in [0.2, 0.25) is 0 Å².